The van der Waals surface area contributed by atoms with Crippen LogP contribution in [0.25, 0.3) is 0 Å². The molecule has 0 rings (SSSR count). The monoisotopic (exact) mass is 111 g/mol. The first-order valence-corrected chi connectivity index (χ1v) is 2.30. The van der Waals surface area contributed by atoms with E-state index in [1.54, 1.807) is 12.2 Å². The van der Waals surface area contributed by atoms with E-state index in [4.69, 9.17) is 5.11 Å². The summed E-state index contributed by atoms with van der Waals surface area (Å²) in [5.74, 6) is -0.0527. The van der Waals surface area contributed by atoms with Crippen molar-refractivity contribution in [1.82, 2.24) is 0 Å². The lowest BCUT2D eigenvalue weighted by atomic mass is 10.5. The maximum absolute atomic E-state index is 8.57. The van der Waals surface area contributed by atoms with Gasteiger partial charge in [0, 0.05) is 0 Å². The highest BCUT2D eigenvalue weighted by Crippen LogP contribution is 1.86. The van der Waals surface area contributed by atoms with Crippen LogP contribution >= 0.6 is 0 Å². The van der Waals surface area contributed by atoms with Gasteiger partial charge in [0.2, 0.25) is 5.88 Å². The zero-order valence-corrected chi connectivity index (χ0v) is 4.83. The number of aliphatic imine (C=N–C) groups is 1. The first-order valence-electron chi connectivity index (χ1n) is 2.30. The van der Waals surface area contributed by atoms with Crippen molar-refractivity contribution in [2.24, 2.45) is 4.99 Å². The Hall–Kier alpha value is -1.05. The molecule has 0 fully saturated rings. The van der Waals surface area contributed by atoms with Gasteiger partial charge in [-0.25, -0.2) is 4.99 Å². The van der Waals surface area contributed by atoms with Crippen LogP contribution in [0, 0.1) is 0 Å². The van der Waals surface area contributed by atoms with Gasteiger partial charge in [0.05, 0.1) is 0 Å². The number of hydrogen-bond donors (Lipinski definition) is 1. The number of rotatable bonds is 2. The molecule has 0 atom stereocenters. The van der Waals surface area contributed by atoms with Gasteiger partial charge in [-0.1, -0.05) is 12.2 Å². The van der Waals surface area contributed by atoms with Gasteiger partial charge in [-0.15, -0.1) is 0 Å². The fraction of sp³-hybridized carbons (Fsp3) is 0.167. The molecule has 8 heavy (non-hydrogen) atoms. The Bertz CT molecular complexity index is 124. The van der Waals surface area contributed by atoms with E-state index in [2.05, 4.69) is 11.7 Å². The van der Waals surface area contributed by atoms with Crippen LogP contribution in [0.5, 0.6) is 0 Å². The van der Waals surface area contributed by atoms with Crippen molar-refractivity contribution < 1.29 is 5.11 Å². The highest BCUT2D eigenvalue weighted by atomic mass is 16.3. The molecule has 1 N–H and O–H groups in total. The lowest BCUT2D eigenvalue weighted by Crippen LogP contribution is -1.67. The fourth-order valence-corrected chi connectivity index (χ4v) is 0.235. The molecule has 0 heterocycles. The van der Waals surface area contributed by atoms with E-state index in [0.717, 1.165) is 0 Å². The highest BCUT2D eigenvalue weighted by molar-refractivity contribution is 5.27. The van der Waals surface area contributed by atoms with Crippen molar-refractivity contribution in [2.45, 2.75) is 6.92 Å². The van der Waals surface area contributed by atoms with Gasteiger partial charge in [0.1, 0.15) is 0 Å². The molecule has 44 valence electrons. The predicted molar refractivity (Wildman–Crippen MR) is 35.1 cm³/mol. The molecule has 2 heteroatoms. The van der Waals surface area contributed by atoms with Gasteiger partial charge in [-0.2, -0.15) is 0 Å². The van der Waals surface area contributed by atoms with Crippen LogP contribution in [0.15, 0.2) is 29.1 Å². The van der Waals surface area contributed by atoms with E-state index in [1.165, 1.54) is 6.08 Å². The van der Waals surface area contributed by atoms with Crippen molar-refractivity contribution in [1.29, 1.82) is 0 Å². The third-order valence-corrected chi connectivity index (χ3v) is 0.600. The van der Waals surface area contributed by atoms with Gasteiger partial charge in [-0.3, -0.25) is 0 Å². The van der Waals surface area contributed by atoms with E-state index < -0.39 is 0 Å². The highest BCUT2D eigenvalue weighted by Gasteiger charge is 1.74. The summed E-state index contributed by atoms with van der Waals surface area (Å²) in [6.07, 6.45) is 4.94. The second-order valence-corrected chi connectivity index (χ2v) is 1.21. The van der Waals surface area contributed by atoms with Crippen molar-refractivity contribution in [3.8, 4) is 0 Å². The third-order valence-electron chi connectivity index (χ3n) is 0.600. The Morgan fingerprint density at radius 1 is 1.75 bits per heavy atom. The average Bonchev–Trinajstić information content (AvgIpc) is 1.83. The van der Waals surface area contributed by atoms with Crippen LogP contribution in [0.4, 0.5) is 0 Å². The summed E-state index contributed by atoms with van der Waals surface area (Å²) in [5.41, 5.74) is 0. The number of hydrogen-bond acceptors (Lipinski definition) is 2. The fourth-order valence-electron chi connectivity index (χ4n) is 0.235. The second kappa shape index (κ2) is 4.12. The summed E-state index contributed by atoms with van der Waals surface area (Å²) in [6.45, 7) is 4.97. The molecule has 0 aromatic carbocycles. The SMILES string of the molecule is C=N/C(O)=C\C=C/C. The molecular weight excluding hydrogens is 102 g/mol. The van der Waals surface area contributed by atoms with Gasteiger partial charge < -0.3 is 5.11 Å². The summed E-state index contributed by atoms with van der Waals surface area (Å²) in [7, 11) is 0. The molecule has 0 aromatic rings. The molecule has 0 aromatic heterocycles. The van der Waals surface area contributed by atoms with Gasteiger partial charge in [0.15, 0.2) is 0 Å². The minimum Gasteiger partial charge on any atom is -0.493 e. The van der Waals surface area contributed by atoms with E-state index >= 15 is 0 Å². The summed E-state index contributed by atoms with van der Waals surface area (Å²) < 4.78 is 0. The quantitative estimate of drug-likeness (QED) is 0.328. The molecule has 0 radical (unpaired) electrons. The standard InChI is InChI=1S/C6H9NO/c1-3-4-5-6(8)7-2/h3-5,8H,2H2,1H3/b4-3-,6-5+. The minimum atomic E-state index is -0.0527. The van der Waals surface area contributed by atoms with Crippen molar-refractivity contribution in [3.63, 3.8) is 0 Å². The van der Waals surface area contributed by atoms with E-state index in [0.29, 0.717) is 0 Å². The van der Waals surface area contributed by atoms with Crippen LogP contribution in [-0.4, -0.2) is 11.8 Å². The van der Waals surface area contributed by atoms with Gasteiger partial charge in [-0.05, 0) is 19.7 Å². The molecule has 0 amide bonds. The minimum absolute atomic E-state index is 0.0527. The van der Waals surface area contributed by atoms with E-state index in [-0.39, 0.29) is 5.88 Å². The third kappa shape index (κ3) is 3.15. The zero-order chi connectivity index (χ0) is 6.41. The Morgan fingerprint density at radius 2 is 2.38 bits per heavy atom. The number of aliphatic hydroxyl groups excluding tert-OH is 1. The number of allylic oxidation sites excluding steroid dienone is 3. The van der Waals surface area contributed by atoms with Crippen molar-refractivity contribution in [3.05, 3.63) is 24.1 Å². The van der Waals surface area contributed by atoms with Crippen LogP contribution in [-0.2, 0) is 0 Å². The van der Waals surface area contributed by atoms with Crippen LogP contribution in [0.2, 0.25) is 0 Å². The molecule has 0 aliphatic rings. The normalized spacial score (nSPS) is 12.4. The molecule has 0 aliphatic carbocycles. The number of nitrogens with zero attached hydrogens (tertiary/aromatic N) is 1. The Morgan fingerprint density at radius 3 is 2.75 bits per heavy atom. The lowest BCUT2D eigenvalue weighted by Gasteiger charge is -1.80. The predicted octanol–water partition coefficient (Wildman–Crippen LogP) is 1.66. The van der Waals surface area contributed by atoms with E-state index in [9.17, 15) is 0 Å². The molecule has 0 spiro atoms. The maximum atomic E-state index is 8.57. The lowest BCUT2D eigenvalue weighted by molar-refractivity contribution is 0.408. The zero-order valence-electron chi connectivity index (χ0n) is 4.83. The summed E-state index contributed by atoms with van der Waals surface area (Å²) >= 11 is 0. The molecule has 0 saturated carbocycles. The van der Waals surface area contributed by atoms with Gasteiger partial charge in [0.25, 0.3) is 0 Å². The summed E-state index contributed by atoms with van der Waals surface area (Å²) in [4.78, 5) is 3.24. The number of aliphatic hydroxyl groups is 1. The first-order chi connectivity index (χ1) is 3.81. The molecular formula is C6H9NO. The molecule has 0 unspecified atom stereocenters. The molecule has 0 aliphatic heterocycles. The topological polar surface area (TPSA) is 32.6 Å². The smallest absolute Gasteiger partial charge is 0.210 e. The molecule has 2 nitrogen and oxygen atoms in total. The largest absolute Gasteiger partial charge is 0.493 e. The molecule has 0 saturated heterocycles. The van der Waals surface area contributed by atoms with E-state index in [1.807, 2.05) is 6.92 Å². The Kier molecular flexibility index (Phi) is 3.58. The maximum Gasteiger partial charge on any atom is 0.210 e. The molecule has 0 bridgehead atoms. The second-order valence-electron chi connectivity index (χ2n) is 1.21. The van der Waals surface area contributed by atoms with Crippen LogP contribution in [0.3, 0.4) is 0 Å². The van der Waals surface area contributed by atoms with Crippen molar-refractivity contribution in [2.75, 3.05) is 0 Å². The Balaban J connectivity index is 3.74. The van der Waals surface area contributed by atoms with Crippen molar-refractivity contribution >= 4 is 6.72 Å². The van der Waals surface area contributed by atoms with Crippen LogP contribution in [0.1, 0.15) is 6.92 Å². The van der Waals surface area contributed by atoms with Gasteiger partial charge >= 0.3 is 0 Å². The van der Waals surface area contributed by atoms with Crippen LogP contribution < -0.4 is 0 Å². The summed E-state index contributed by atoms with van der Waals surface area (Å²) in [5, 5.41) is 8.57. The average molecular weight is 111 g/mol. The summed E-state index contributed by atoms with van der Waals surface area (Å²) in [6, 6.07) is 0. The first kappa shape index (κ1) is 6.95. The Labute approximate surface area is 48.9 Å².